The van der Waals surface area contributed by atoms with E-state index in [9.17, 15) is 4.79 Å². The summed E-state index contributed by atoms with van der Waals surface area (Å²) >= 11 is 0. The average molecular weight is 247 g/mol. The number of nitrogen functional groups attached to an aromatic ring is 1. The van der Waals surface area contributed by atoms with Crippen molar-refractivity contribution in [2.45, 2.75) is 38.3 Å². The Morgan fingerprint density at radius 1 is 1.33 bits per heavy atom. The molecule has 0 atom stereocenters. The maximum Gasteiger partial charge on any atom is 0.265 e. The molecule has 2 rings (SSSR count). The van der Waals surface area contributed by atoms with Crippen LogP contribution in [0.15, 0.2) is 24.3 Å². The van der Waals surface area contributed by atoms with E-state index in [2.05, 4.69) is 17.4 Å². The van der Waals surface area contributed by atoms with Crippen molar-refractivity contribution in [2.75, 3.05) is 7.05 Å². The molecule has 0 unspecified atom stereocenters. The maximum absolute atomic E-state index is 11.3. The number of nitrogens with zero attached hydrogens (tertiary/aromatic N) is 1. The van der Waals surface area contributed by atoms with E-state index in [-0.39, 0.29) is 5.91 Å². The number of rotatable bonds is 4. The van der Waals surface area contributed by atoms with Gasteiger partial charge in [0.05, 0.1) is 0 Å². The number of amides is 1. The molecular formula is C14H21N3O. The molecule has 4 nitrogen and oxygen atoms in total. The second kappa shape index (κ2) is 5.98. The normalized spacial score (nSPS) is 16.2. The van der Waals surface area contributed by atoms with E-state index in [1.165, 1.54) is 31.2 Å². The molecule has 1 fully saturated rings. The van der Waals surface area contributed by atoms with Crippen LogP contribution in [0.4, 0.5) is 0 Å². The third-order valence-corrected chi connectivity index (χ3v) is 3.73. The van der Waals surface area contributed by atoms with Crippen molar-refractivity contribution in [1.82, 2.24) is 10.3 Å². The van der Waals surface area contributed by atoms with E-state index in [1.807, 2.05) is 24.3 Å². The average Bonchev–Trinajstić information content (AvgIpc) is 2.92. The molecule has 98 valence electrons. The van der Waals surface area contributed by atoms with Crippen molar-refractivity contribution in [3.8, 4) is 0 Å². The summed E-state index contributed by atoms with van der Waals surface area (Å²) in [5.74, 6) is 4.85. The molecule has 1 amide bonds. The minimum absolute atomic E-state index is 0.245. The van der Waals surface area contributed by atoms with Crippen molar-refractivity contribution in [3.05, 3.63) is 35.4 Å². The molecule has 3 N–H and O–H groups in total. The van der Waals surface area contributed by atoms with Crippen molar-refractivity contribution in [1.29, 1.82) is 0 Å². The minimum Gasteiger partial charge on any atom is -0.299 e. The van der Waals surface area contributed by atoms with Crippen molar-refractivity contribution >= 4 is 5.91 Å². The molecule has 0 aromatic heterocycles. The molecule has 4 heteroatoms. The molecule has 0 aliphatic heterocycles. The number of hydrogen-bond acceptors (Lipinski definition) is 3. The van der Waals surface area contributed by atoms with Crippen molar-refractivity contribution in [2.24, 2.45) is 5.84 Å². The van der Waals surface area contributed by atoms with E-state index in [0.29, 0.717) is 5.56 Å². The first-order valence-electron chi connectivity index (χ1n) is 6.51. The van der Waals surface area contributed by atoms with E-state index in [1.54, 1.807) is 0 Å². The molecular weight excluding hydrogens is 226 g/mol. The first kappa shape index (κ1) is 13.1. The van der Waals surface area contributed by atoms with Gasteiger partial charge < -0.3 is 0 Å². The van der Waals surface area contributed by atoms with E-state index in [0.717, 1.165) is 12.6 Å². The van der Waals surface area contributed by atoms with Crippen LogP contribution in [0.1, 0.15) is 41.6 Å². The van der Waals surface area contributed by atoms with E-state index in [4.69, 9.17) is 5.84 Å². The number of nitrogens with two attached hydrogens (primary N) is 1. The maximum atomic E-state index is 11.3. The second-order valence-corrected chi connectivity index (χ2v) is 5.02. The smallest absolute Gasteiger partial charge is 0.265 e. The minimum atomic E-state index is -0.245. The highest BCUT2D eigenvalue weighted by Crippen LogP contribution is 2.23. The van der Waals surface area contributed by atoms with Crippen LogP contribution >= 0.6 is 0 Å². The monoisotopic (exact) mass is 247 g/mol. The summed E-state index contributed by atoms with van der Waals surface area (Å²) in [4.78, 5) is 13.7. The van der Waals surface area contributed by atoms with Gasteiger partial charge in [-0.15, -0.1) is 0 Å². The fourth-order valence-corrected chi connectivity index (χ4v) is 2.61. The predicted molar refractivity (Wildman–Crippen MR) is 71.8 cm³/mol. The number of carbonyl (C=O) groups is 1. The van der Waals surface area contributed by atoms with Gasteiger partial charge in [-0.3, -0.25) is 15.1 Å². The zero-order valence-corrected chi connectivity index (χ0v) is 10.9. The highest BCUT2D eigenvalue weighted by atomic mass is 16.2. The Hall–Kier alpha value is -1.39. The summed E-state index contributed by atoms with van der Waals surface area (Å²) in [6.45, 7) is 0.940. The number of benzene rings is 1. The summed E-state index contributed by atoms with van der Waals surface area (Å²) in [6, 6.07) is 8.35. The van der Waals surface area contributed by atoms with Gasteiger partial charge in [-0.25, -0.2) is 5.84 Å². The number of carbonyl (C=O) groups excluding carboxylic acids is 1. The van der Waals surface area contributed by atoms with Gasteiger partial charge >= 0.3 is 0 Å². The van der Waals surface area contributed by atoms with Crippen LogP contribution in [0.25, 0.3) is 0 Å². The quantitative estimate of drug-likeness (QED) is 0.483. The number of hydrazine groups is 1. The second-order valence-electron chi connectivity index (χ2n) is 5.02. The Bertz CT molecular complexity index is 396. The first-order valence-corrected chi connectivity index (χ1v) is 6.51. The van der Waals surface area contributed by atoms with Crippen LogP contribution in [0.5, 0.6) is 0 Å². The molecule has 0 spiro atoms. The van der Waals surface area contributed by atoms with Crippen LogP contribution in [-0.2, 0) is 6.54 Å². The van der Waals surface area contributed by atoms with Gasteiger partial charge in [-0.05, 0) is 37.6 Å². The van der Waals surface area contributed by atoms with Crippen LogP contribution in [0.3, 0.4) is 0 Å². The summed E-state index contributed by atoms with van der Waals surface area (Å²) in [6.07, 6.45) is 5.32. The topological polar surface area (TPSA) is 58.4 Å². The van der Waals surface area contributed by atoms with Crippen molar-refractivity contribution in [3.63, 3.8) is 0 Å². The third-order valence-electron chi connectivity index (χ3n) is 3.73. The summed E-state index contributed by atoms with van der Waals surface area (Å²) in [5.41, 5.74) is 3.97. The molecule has 0 bridgehead atoms. The Morgan fingerprint density at radius 3 is 2.50 bits per heavy atom. The molecule has 1 saturated carbocycles. The van der Waals surface area contributed by atoms with Crippen LogP contribution in [-0.4, -0.2) is 23.9 Å². The predicted octanol–water partition coefficient (Wildman–Crippen LogP) is 1.66. The lowest BCUT2D eigenvalue weighted by atomic mass is 10.1. The SMILES string of the molecule is CN(Cc1ccc(C(=O)NN)cc1)C1CCCC1. The Balaban J connectivity index is 1.95. The fraction of sp³-hybridized carbons (Fsp3) is 0.500. The number of hydrogen-bond donors (Lipinski definition) is 2. The van der Waals surface area contributed by atoms with Gasteiger partial charge in [-0.1, -0.05) is 25.0 Å². The molecule has 18 heavy (non-hydrogen) atoms. The third kappa shape index (κ3) is 3.09. The molecule has 1 aromatic carbocycles. The van der Waals surface area contributed by atoms with Crippen LogP contribution in [0.2, 0.25) is 0 Å². The molecule has 0 saturated heterocycles. The van der Waals surface area contributed by atoms with Gasteiger partial charge in [0.2, 0.25) is 0 Å². The Morgan fingerprint density at radius 2 is 1.94 bits per heavy atom. The zero-order chi connectivity index (χ0) is 13.0. The molecule has 1 aliphatic carbocycles. The van der Waals surface area contributed by atoms with Crippen molar-refractivity contribution < 1.29 is 4.79 Å². The Kier molecular flexibility index (Phi) is 4.33. The zero-order valence-electron chi connectivity index (χ0n) is 10.9. The standard InChI is InChI=1S/C14H21N3O/c1-17(13-4-2-3-5-13)10-11-6-8-12(9-7-11)14(18)16-15/h6-9,13H,2-5,10,15H2,1H3,(H,16,18). The van der Waals surface area contributed by atoms with Gasteiger partial charge in [0.1, 0.15) is 0 Å². The highest BCUT2D eigenvalue weighted by molar-refractivity contribution is 5.93. The lowest BCUT2D eigenvalue weighted by molar-refractivity contribution is 0.0953. The molecule has 0 radical (unpaired) electrons. The molecule has 1 aliphatic rings. The Labute approximate surface area is 108 Å². The van der Waals surface area contributed by atoms with Gasteiger partial charge in [0, 0.05) is 18.2 Å². The van der Waals surface area contributed by atoms with E-state index >= 15 is 0 Å². The summed E-state index contributed by atoms with van der Waals surface area (Å²) in [5, 5.41) is 0. The van der Waals surface area contributed by atoms with Crippen LogP contribution < -0.4 is 11.3 Å². The summed E-state index contributed by atoms with van der Waals surface area (Å²) in [7, 11) is 2.18. The fourth-order valence-electron chi connectivity index (χ4n) is 2.61. The molecule has 1 aromatic rings. The van der Waals surface area contributed by atoms with Gasteiger partial charge in [-0.2, -0.15) is 0 Å². The number of nitrogens with one attached hydrogen (secondary N) is 1. The van der Waals surface area contributed by atoms with Gasteiger partial charge in [0.15, 0.2) is 0 Å². The summed E-state index contributed by atoms with van der Waals surface area (Å²) < 4.78 is 0. The van der Waals surface area contributed by atoms with Crippen LogP contribution in [0, 0.1) is 0 Å². The molecule has 0 heterocycles. The largest absolute Gasteiger partial charge is 0.299 e. The van der Waals surface area contributed by atoms with E-state index < -0.39 is 0 Å². The van der Waals surface area contributed by atoms with Gasteiger partial charge in [0.25, 0.3) is 5.91 Å². The lowest BCUT2D eigenvalue weighted by Gasteiger charge is -2.24. The first-order chi connectivity index (χ1) is 8.70. The lowest BCUT2D eigenvalue weighted by Crippen LogP contribution is -2.30. The highest BCUT2D eigenvalue weighted by Gasteiger charge is 2.19.